The number of nitrogens with zero attached hydrogens (tertiary/aromatic N) is 2. The quantitative estimate of drug-likeness (QED) is 0.655. The van der Waals surface area contributed by atoms with Crippen LogP contribution in [0, 0.1) is 0 Å². The summed E-state index contributed by atoms with van der Waals surface area (Å²) in [5.41, 5.74) is 0.910. The summed E-state index contributed by atoms with van der Waals surface area (Å²) in [6, 6.07) is 11.3. The van der Waals surface area contributed by atoms with E-state index in [1.54, 1.807) is 20.3 Å². The van der Waals surface area contributed by atoms with Gasteiger partial charge in [-0.25, -0.2) is 9.97 Å². The van der Waals surface area contributed by atoms with E-state index in [0.29, 0.717) is 23.3 Å². The summed E-state index contributed by atoms with van der Waals surface area (Å²) < 4.78 is 10.2. The van der Waals surface area contributed by atoms with Crippen molar-refractivity contribution in [1.29, 1.82) is 0 Å². The van der Waals surface area contributed by atoms with Crippen molar-refractivity contribution in [3.63, 3.8) is 0 Å². The van der Waals surface area contributed by atoms with E-state index in [2.05, 4.69) is 15.3 Å². The molecule has 1 heterocycles. The number of anilines is 1. The Morgan fingerprint density at radius 2 is 1.85 bits per heavy atom. The lowest BCUT2D eigenvalue weighted by molar-refractivity contribution is -0.0914. The standard InChI is InChI=1S/C14H16ClN3O2/c1-19-13(20-2)9-16-12-8-11(15)17-14(18-12)10-6-4-3-5-7-10/h3-8,13H,9H2,1-2H3,(H,16,17,18). The van der Waals surface area contributed by atoms with Crippen LogP contribution >= 0.6 is 11.6 Å². The first-order valence-corrected chi connectivity index (χ1v) is 6.50. The molecule has 2 rings (SSSR count). The fourth-order valence-corrected chi connectivity index (χ4v) is 1.86. The number of nitrogens with one attached hydrogen (secondary N) is 1. The Hall–Kier alpha value is -1.69. The molecule has 0 amide bonds. The predicted octanol–water partition coefficient (Wildman–Crippen LogP) is 2.83. The molecule has 0 aliphatic heterocycles. The van der Waals surface area contributed by atoms with E-state index >= 15 is 0 Å². The lowest BCUT2D eigenvalue weighted by Crippen LogP contribution is -2.24. The predicted molar refractivity (Wildman–Crippen MR) is 78.8 cm³/mol. The molecule has 0 aliphatic rings. The van der Waals surface area contributed by atoms with Crippen LogP contribution in [0.15, 0.2) is 36.4 Å². The lowest BCUT2D eigenvalue weighted by Gasteiger charge is -2.14. The average molecular weight is 294 g/mol. The van der Waals surface area contributed by atoms with E-state index in [4.69, 9.17) is 21.1 Å². The zero-order valence-electron chi connectivity index (χ0n) is 11.3. The van der Waals surface area contributed by atoms with Crippen LogP contribution in [0.4, 0.5) is 5.82 Å². The van der Waals surface area contributed by atoms with Gasteiger partial charge < -0.3 is 14.8 Å². The van der Waals surface area contributed by atoms with E-state index < -0.39 is 0 Å². The number of hydrogen-bond donors (Lipinski definition) is 1. The third kappa shape index (κ3) is 3.90. The number of methoxy groups -OCH3 is 2. The Labute approximate surface area is 122 Å². The Balaban J connectivity index is 2.17. The molecule has 1 N–H and O–H groups in total. The zero-order valence-corrected chi connectivity index (χ0v) is 12.1. The van der Waals surface area contributed by atoms with Crippen molar-refractivity contribution < 1.29 is 9.47 Å². The van der Waals surface area contributed by atoms with Crippen LogP contribution < -0.4 is 5.32 Å². The summed E-state index contributed by atoms with van der Waals surface area (Å²) in [4.78, 5) is 8.65. The Morgan fingerprint density at radius 3 is 2.50 bits per heavy atom. The molecule has 0 aliphatic carbocycles. The maximum Gasteiger partial charge on any atom is 0.173 e. The van der Waals surface area contributed by atoms with Gasteiger partial charge in [0, 0.05) is 25.8 Å². The molecule has 2 aromatic rings. The first-order chi connectivity index (χ1) is 9.72. The second-order valence-electron chi connectivity index (χ2n) is 4.05. The number of benzene rings is 1. The molecule has 5 nitrogen and oxygen atoms in total. The summed E-state index contributed by atoms with van der Waals surface area (Å²) >= 11 is 6.03. The van der Waals surface area contributed by atoms with Crippen LogP contribution in [0.25, 0.3) is 11.4 Å². The summed E-state index contributed by atoms with van der Waals surface area (Å²) in [6.45, 7) is 0.467. The van der Waals surface area contributed by atoms with Crippen molar-refractivity contribution in [1.82, 2.24) is 9.97 Å². The van der Waals surface area contributed by atoms with Crippen molar-refractivity contribution in [2.45, 2.75) is 6.29 Å². The molecule has 0 unspecified atom stereocenters. The summed E-state index contributed by atoms with van der Waals surface area (Å²) in [5, 5.41) is 3.49. The number of rotatable bonds is 6. The minimum absolute atomic E-state index is 0.344. The lowest BCUT2D eigenvalue weighted by atomic mass is 10.2. The topological polar surface area (TPSA) is 56.3 Å². The Kier molecular flexibility index (Phi) is 5.29. The fraction of sp³-hybridized carbons (Fsp3) is 0.286. The molecule has 20 heavy (non-hydrogen) atoms. The van der Waals surface area contributed by atoms with Gasteiger partial charge in [0.1, 0.15) is 11.0 Å². The fourth-order valence-electron chi connectivity index (χ4n) is 1.68. The van der Waals surface area contributed by atoms with Gasteiger partial charge in [-0.3, -0.25) is 0 Å². The number of hydrogen-bond acceptors (Lipinski definition) is 5. The van der Waals surface area contributed by atoms with Gasteiger partial charge in [-0.1, -0.05) is 41.9 Å². The van der Waals surface area contributed by atoms with Crippen molar-refractivity contribution >= 4 is 17.4 Å². The Morgan fingerprint density at radius 1 is 1.15 bits per heavy atom. The van der Waals surface area contributed by atoms with Crippen molar-refractivity contribution in [2.75, 3.05) is 26.1 Å². The molecule has 0 saturated heterocycles. The van der Waals surface area contributed by atoms with E-state index in [0.717, 1.165) is 5.56 Å². The van der Waals surface area contributed by atoms with Crippen molar-refractivity contribution in [3.05, 3.63) is 41.6 Å². The van der Waals surface area contributed by atoms with Crippen molar-refractivity contribution in [3.8, 4) is 11.4 Å². The number of ether oxygens (including phenoxy) is 2. The number of aromatic nitrogens is 2. The van der Waals surface area contributed by atoms with Gasteiger partial charge in [0.15, 0.2) is 12.1 Å². The molecule has 0 bridgehead atoms. The van der Waals surface area contributed by atoms with Crippen molar-refractivity contribution in [2.24, 2.45) is 0 Å². The van der Waals surface area contributed by atoms with E-state index in [-0.39, 0.29) is 6.29 Å². The third-order valence-corrected chi connectivity index (χ3v) is 2.90. The van der Waals surface area contributed by atoms with Crippen LogP contribution in [0.2, 0.25) is 5.15 Å². The maximum atomic E-state index is 6.03. The van der Waals surface area contributed by atoms with E-state index in [1.807, 2.05) is 30.3 Å². The first kappa shape index (κ1) is 14.7. The normalized spacial score (nSPS) is 10.8. The van der Waals surface area contributed by atoms with Gasteiger partial charge in [-0.2, -0.15) is 0 Å². The second-order valence-corrected chi connectivity index (χ2v) is 4.43. The highest BCUT2D eigenvalue weighted by Gasteiger charge is 2.08. The summed E-state index contributed by atoms with van der Waals surface area (Å²) in [5.74, 6) is 1.20. The highest BCUT2D eigenvalue weighted by Crippen LogP contribution is 2.20. The molecule has 1 aromatic carbocycles. The van der Waals surface area contributed by atoms with Gasteiger partial charge >= 0.3 is 0 Å². The largest absolute Gasteiger partial charge is 0.365 e. The number of halogens is 1. The molecule has 0 radical (unpaired) electrons. The molecular formula is C14H16ClN3O2. The van der Waals surface area contributed by atoms with Crippen LogP contribution in [0.3, 0.4) is 0 Å². The molecule has 0 fully saturated rings. The van der Waals surface area contributed by atoms with Gasteiger partial charge in [0.25, 0.3) is 0 Å². The Bertz CT molecular complexity index is 547. The van der Waals surface area contributed by atoms with Gasteiger partial charge in [0.05, 0.1) is 6.54 Å². The SMILES string of the molecule is COC(CNc1cc(Cl)nc(-c2ccccc2)n1)OC. The van der Waals surface area contributed by atoms with E-state index in [9.17, 15) is 0 Å². The first-order valence-electron chi connectivity index (χ1n) is 6.12. The minimum atomic E-state index is -0.344. The summed E-state index contributed by atoms with van der Waals surface area (Å²) in [7, 11) is 3.16. The van der Waals surface area contributed by atoms with Gasteiger partial charge in [-0.05, 0) is 0 Å². The zero-order chi connectivity index (χ0) is 14.4. The molecule has 0 saturated carbocycles. The van der Waals surface area contributed by atoms with E-state index in [1.165, 1.54) is 0 Å². The third-order valence-electron chi connectivity index (χ3n) is 2.70. The molecule has 0 atom stereocenters. The second kappa shape index (κ2) is 7.19. The van der Waals surface area contributed by atoms with Crippen LogP contribution in [-0.4, -0.2) is 37.0 Å². The molecule has 106 valence electrons. The van der Waals surface area contributed by atoms with Crippen LogP contribution in [0.1, 0.15) is 0 Å². The van der Waals surface area contributed by atoms with Gasteiger partial charge in [-0.15, -0.1) is 0 Å². The molecular weight excluding hydrogens is 278 g/mol. The maximum absolute atomic E-state index is 6.03. The molecule has 6 heteroatoms. The summed E-state index contributed by atoms with van der Waals surface area (Å²) in [6.07, 6.45) is -0.344. The average Bonchev–Trinajstić information content (AvgIpc) is 2.49. The highest BCUT2D eigenvalue weighted by molar-refractivity contribution is 6.29. The molecule has 0 spiro atoms. The molecule has 1 aromatic heterocycles. The van der Waals surface area contributed by atoms with Gasteiger partial charge in [0.2, 0.25) is 0 Å². The monoisotopic (exact) mass is 293 g/mol. The minimum Gasteiger partial charge on any atom is -0.365 e. The van der Waals surface area contributed by atoms with Crippen LogP contribution in [-0.2, 0) is 9.47 Å². The van der Waals surface area contributed by atoms with Crippen LogP contribution in [0.5, 0.6) is 0 Å². The smallest absolute Gasteiger partial charge is 0.173 e. The highest BCUT2D eigenvalue weighted by atomic mass is 35.5.